The molecule has 5 aromatic rings. The van der Waals surface area contributed by atoms with E-state index in [4.69, 9.17) is 8.83 Å². The van der Waals surface area contributed by atoms with Gasteiger partial charge >= 0.3 is 0 Å². The Bertz CT molecular complexity index is 1560. The van der Waals surface area contributed by atoms with Crippen molar-refractivity contribution in [1.29, 1.82) is 0 Å². The Morgan fingerprint density at radius 3 is 2.53 bits per heavy atom. The van der Waals surface area contributed by atoms with E-state index in [-0.39, 0.29) is 11.6 Å². The molecule has 0 saturated carbocycles. The first kappa shape index (κ1) is 24.2. The van der Waals surface area contributed by atoms with Gasteiger partial charge in [0.1, 0.15) is 17.3 Å². The van der Waals surface area contributed by atoms with E-state index in [1.54, 1.807) is 42.7 Å². The highest BCUT2D eigenvalue weighted by Gasteiger charge is 2.17. The highest BCUT2D eigenvalue weighted by Crippen LogP contribution is 2.30. The van der Waals surface area contributed by atoms with Gasteiger partial charge in [0.2, 0.25) is 17.8 Å². The summed E-state index contributed by atoms with van der Waals surface area (Å²) < 4.78 is 11.1. The Morgan fingerprint density at radius 1 is 0.947 bits per heavy atom. The molecule has 12 nitrogen and oxygen atoms in total. The largest absolute Gasteiger partial charge is 0.467 e. The molecule has 0 aliphatic carbocycles. The molecule has 38 heavy (non-hydrogen) atoms. The van der Waals surface area contributed by atoms with Crippen molar-refractivity contribution >= 4 is 35.4 Å². The Kier molecular flexibility index (Phi) is 7.02. The molecule has 0 atom stereocenters. The first-order chi connectivity index (χ1) is 18.5. The van der Waals surface area contributed by atoms with Crippen molar-refractivity contribution in [2.75, 3.05) is 16.1 Å². The number of para-hydroxylation sites is 1. The second-order valence-corrected chi connectivity index (χ2v) is 8.08. The van der Waals surface area contributed by atoms with Crippen LogP contribution in [0.2, 0.25) is 0 Å². The molecule has 0 amide bonds. The maximum atomic E-state index is 11.3. The molecule has 3 N–H and O–H groups in total. The summed E-state index contributed by atoms with van der Waals surface area (Å²) in [6.07, 6.45) is 3.01. The van der Waals surface area contributed by atoms with Gasteiger partial charge in [0.25, 0.3) is 5.69 Å². The first-order valence-electron chi connectivity index (χ1n) is 11.5. The molecule has 0 bridgehead atoms. The SMILES string of the molecule is Cc1ccc(Nc2nc(NCc3ccco3)nc(N/N=C/c3ccc(-c4ccccc4[N+](=O)[O-])o3)n2)cc1. The average molecular weight is 511 g/mol. The predicted octanol–water partition coefficient (Wildman–Crippen LogP) is 5.74. The molecule has 0 spiro atoms. The van der Waals surface area contributed by atoms with Crippen LogP contribution in [-0.2, 0) is 6.54 Å². The number of anilines is 4. The van der Waals surface area contributed by atoms with Crippen molar-refractivity contribution in [3.63, 3.8) is 0 Å². The minimum absolute atomic E-state index is 0.0446. The van der Waals surface area contributed by atoms with Gasteiger partial charge < -0.3 is 19.5 Å². The number of nitrogens with zero attached hydrogens (tertiary/aromatic N) is 5. The maximum Gasteiger partial charge on any atom is 0.280 e. The lowest BCUT2D eigenvalue weighted by Crippen LogP contribution is -2.09. The standard InChI is InChI=1S/C26H22N8O4/c1-17-8-10-18(11-9-17)29-25-30-24(27-15-19-5-4-14-37-19)31-26(32-25)33-28-16-20-12-13-23(38-20)21-6-2-3-7-22(21)34(35)36/h2-14,16H,15H2,1H3,(H3,27,29,30,31,32,33)/b28-16+. The van der Waals surface area contributed by atoms with E-state index in [1.165, 1.54) is 12.3 Å². The van der Waals surface area contributed by atoms with E-state index in [0.29, 0.717) is 35.5 Å². The minimum Gasteiger partial charge on any atom is -0.467 e. The van der Waals surface area contributed by atoms with Crippen LogP contribution >= 0.6 is 0 Å². The molecule has 0 unspecified atom stereocenters. The summed E-state index contributed by atoms with van der Waals surface area (Å²) >= 11 is 0. The average Bonchev–Trinajstić information content (AvgIpc) is 3.61. The van der Waals surface area contributed by atoms with Crippen molar-refractivity contribution in [3.8, 4) is 11.3 Å². The fourth-order valence-corrected chi connectivity index (χ4v) is 3.47. The highest BCUT2D eigenvalue weighted by atomic mass is 16.6. The smallest absolute Gasteiger partial charge is 0.280 e. The fraction of sp³-hybridized carbons (Fsp3) is 0.0769. The fourth-order valence-electron chi connectivity index (χ4n) is 3.47. The Hall–Kier alpha value is -5.52. The number of benzene rings is 2. The summed E-state index contributed by atoms with van der Waals surface area (Å²) in [6.45, 7) is 2.39. The third-order valence-electron chi connectivity index (χ3n) is 5.29. The number of hydrogen-bond acceptors (Lipinski definition) is 11. The van der Waals surface area contributed by atoms with Gasteiger partial charge in [-0.3, -0.25) is 10.1 Å². The van der Waals surface area contributed by atoms with E-state index < -0.39 is 4.92 Å². The Morgan fingerprint density at radius 2 is 1.74 bits per heavy atom. The van der Waals surface area contributed by atoms with Crippen LogP contribution in [0.3, 0.4) is 0 Å². The Balaban J connectivity index is 1.33. The molecule has 0 fully saturated rings. The van der Waals surface area contributed by atoms with Gasteiger partial charge in [-0.1, -0.05) is 29.8 Å². The van der Waals surface area contributed by atoms with Crippen LogP contribution in [0.15, 0.2) is 93.0 Å². The zero-order chi connectivity index (χ0) is 26.3. The molecule has 190 valence electrons. The lowest BCUT2D eigenvalue weighted by molar-refractivity contribution is -0.384. The van der Waals surface area contributed by atoms with Crippen molar-refractivity contribution < 1.29 is 13.8 Å². The molecule has 0 aliphatic rings. The van der Waals surface area contributed by atoms with Gasteiger partial charge in [0.05, 0.1) is 29.5 Å². The van der Waals surface area contributed by atoms with Crippen molar-refractivity contribution in [3.05, 3.63) is 106 Å². The van der Waals surface area contributed by atoms with Gasteiger partial charge in [-0.05, 0) is 49.4 Å². The molecule has 3 aromatic heterocycles. The third-order valence-corrected chi connectivity index (χ3v) is 5.29. The molecule has 12 heteroatoms. The lowest BCUT2D eigenvalue weighted by atomic mass is 10.1. The van der Waals surface area contributed by atoms with E-state index >= 15 is 0 Å². The zero-order valence-electron chi connectivity index (χ0n) is 20.2. The van der Waals surface area contributed by atoms with Crippen LogP contribution in [0, 0.1) is 17.0 Å². The number of aryl methyl sites for hydroxylation is 1. The Labute approximate surface area is 216 Å². The quantitative estimate of drug-likeness (QED) is 0.120. The number of rotatable bonds is 10. The van der Waals surface area contributed by atoms with Crippen molar-refractivity contribution in [1.82, 2.24) is 15.0 Å². The number of hydrogen-bond donors (Lipinski definition) is 3. The molecule has 5 rings (SSSR count). The second kappa shape index (κ2) is 11.0. The van der Waals surface area contributed by atoms with Gasteiger partial charge in [0, 0.05) is 11.8 Å². The molecular formula is C26H22N8O4. The normalized spacial score (nSPS) is 11.0. The topological polar surface area (TPSA) is 157 Å². The predicted molar refractivity (Wildman–Crippen MR) is 142 cm³/mol. The number of hydrazone groups is 1. The van der Waals surface area contributed by atoms with Crippen LogP contribution in [0.5, 0.6) is 0 Å². The number of aromatic nitrogens is 3. The number of nitro groups is 1. The summed E-state index contributed by atoms with van der Waals surface area (Å²) in [5, 5.41) is 21.7. The zero-order valence-corrected chi connectivity index (χ0v) is 20.2. The summed E-state index contributed by atoms with van der Waals surface area (Å²) in [5.41, 5.74) is 5.05. The van der Waals surface area contributed by atoms with E-state index in [9.17, 15) is 10.1 Å². The number of furan rings is 2. The van der Waals surface area contributed by atoms with Crippen LogP contribution in [-0.4, -0.2) is 26.1 Å². The maximum absolute atomic E-state index is 11.3. The van der Waals surface area contributed by atoms with Gasteiger partial charge in [-0.25, -0.2) is 5.43 Å². The minimum atomic E-state index is -0.451. The monoisotopic (exact) mass is 510 g/mol. The summed E-state index contributed by atoms with van der Waals surface area (Å²) in [7, 11) is 0. The van der Waals surface area contributed by atoms with Crippen molar-refractivity contribution in [2.24, 2.45) is 5.10 Å². The summed E-state index contributed by atoms with van der Waals surface area (Å²) in [6, 6.07) is 21.1. The van der Waals surface area contributed by atoms with Crippen LogP contribution < -0.4 is 16.1 Å². The molecule has 0 saturated heterocycles. The van der Waals surface area contributed by atoms with E-state index in [0.717, 1.165) is 17.0 Å². The van der Waals surface area contributed by atoms with E-state index in [1.807, 2.05) is 37.3 Å². The first-order valence-corrected chi connectivity index (χ1v) is 11.5. The van der Waals surface area contributed by atoms with Crippen LogP contribution in [0.25, 0.3) is 11.3 Å². The summed E-state index contributed by atoms with van der Waals surface area (Å²) in [5.74, 6) is 2.25. The number of nitrogens with one attached hydrogen (secondary N) is 3. The van der Waals surface area contributed by atoms with Crippen LogP contribution in [0.4, 0.5) is 29.2 Å². The molecule has 2 aromatic carbocycles. The van der Waals surface area contributed by atoms with Gasteiger partial charge in [-0.2, -0.15) is 20.1 Å². The molecule has 0 aliphatic heterocycles. The third kappa shape index (κ3) is 5.99. The lowest BCUT2D eigenvalue weighted by Gasteiger charge is -2.09. The molecule has 3 heterocycles. The van der Waals surface area contributed by atoms with E-state index in [2.05, 4.69) is 36.1 Å². The molecular weight excluding hydrogens is 488 g/mol. The second-order valence-electron chi connectivity index (χ2n) is 8.08. The highest BCUT2D eigenvalue weighted by molar-refractivity contribution is 5.79. The van der Waals surface area contributed by atoms with Crippen molar-refractivity contribution in [2.45, 2.75) is 13.5 Å². The molecule has 0 radical (unpaired) electrons. The van der Waals surface area contributed by atoms with Gasteiger partial charge in [0.15, 0.2) is 0 Å². The van der Waals surface area contributed by atoms with Gasteiger partial charge in [-0.15, -0.1) is 0 Å². The summed E-state index contributed by atoms with van der Waals surface area (Å²) in [4.78, 5) is 24.0. The van der Waals surface area contributed by atoms with Crippen LogP contribution in [0.1, 0.15) is 17.1 Å². The number of nitro benzene ring substituents is 1.